The smallest absolute Gasteiger partial charge is 0.258 e. The summed E-state index contributed by atoms with van der Waals surface area (Å²) in [5, 5.41) is 19.2. The summed E-state index contributed by atoms with van der Waals surface area (Å²) in [5.41, 5.74) is 0. The van der Waals surface area contributed by atoms with Crippen LogP contribution in [0, 0.1) is 0 Å². The molecule has 5 aromatic carbocycles. The molecule has 0 atom stereocenters. The topological polar surface area (TPSA) is 115 Å². The van der Waals surface area contributed by atoms with E-state index in [9.17, 15) is 18.9 Å². The molecule has 0 aromatic heterocycles. The van der Waals surface area contributed by atoms with Gasteiger partial charge in [-0.1, -0.05) is 78.9 Å². The Morgan fingerprint density at radius 3 is 0.789 bits per heavy atom. The summed E-state index contributed by atoms with van der Waals surface area (Å²) in [7, 11) is -6.79. The van der Waals surface area contributed by atoms with Gasteiger partial charge in [0.05, 0.1) is 0 Å². The fraction of sp³-hybridized carbons (Fsp3) is 0. The van der Waals surface area contributed by atoms with Crippen molar-refractivity contribution in [2.75, 3.05) is 0 Å². The molecule has 0 aliphatic carbocycles. The van der Waals surface area contributed by atoms with Crippen molar-refractivity contribution >= 4 is 36.0 Å². The van der Waals surface area contributed by atoms with Gasteiger partial charge in [-0.15, -0.1) is 0 Å². The van der Waals surface area contributed by atoms with Gasteiger partial charge < -0.3 is 20.0 Å². The summed E-state index contributed by atoms with van der Waals surface area (Å²) in [6.07, 6.45) is 0. The molecule has 0 spiro atoms. The van der Waals surface area contributed by atoms with E-state index in [2.05, 4.69) is 0 Å². The highest BCUT2D eigenvalue weighted by atomic mass is 31.2. The number of phenols is 2. The van der Waals surface area contributed by atoms with E-state index in [0.717, 1.165) is 0 Å². The van der Waals surface area contributed by atoms with Crippen molar-refractivity contribution < 1.29 is 29.1 Å². The van der Waals surface area contributed by atoms with Crippen LogP contribution >= 0.6 is 14.7 Å². The third kappa shape index (κ3) is 8.04. The molecule has 0 unspecified atom stereocenters. The fourth-order valence-electron chi connectivity index (χ4n) is 3.31. The number of hydrogen-bond acceptors (Lipinski definition) is 4. The summed E-state index contributed by atoms with van der Waals surface area (Å²) < 4.78 is 24.3. The zero-order valence-corrected chi connectivity index (χ0v) is 22.1. The zero-order valence-electron chi connectivity index (χ0n) is 20.4. The molecule has 0 saturated carbocycles. The van der Waals surface area contributed by atoms with Crippen LogP contribution in [-0.4, -0.2) is 20.0 Å². The highest BCUT2D eigenvalue weighted by Gasteiger charge is 2.23. The van der Waals surface area contributed by atoms with E-state index in [0.29, 0.717) is 21.2 Å². The molecule has 0 heterocycles. The summed E-state index contributed by atoms with van der Waals surface area (Å²) in [6.45, 7) is 0. The van der Waals surface area contributed by atoms with Gasteiger partial charge in [-0.25, -0.2) is 0 Å². The number of benzene rings is 5. The van der Waals surface area contributed by atoms with Gasteiger partial charge in [-0.2, -0.15) is 0 Å². The maximum atomic E-state index is 12.2. The standard InChI is InChI=1S/2C12H11O2P.C6H6O2/c2*13-15(14,11-7-3-1-4-8-11)12-9-5-2-6-10-12;7-5-2-1-3-6(8)4-5/h2*1-10H,(H,13,14);1-4,7-8H. The Kier molecular flexibility index (Phi) is 10.2. The second-order valence-electron chi connectivity index (χ2n) is 8.01. The monoisotopic (exact) mass is 546 g/mol. The van der Waals surface area contributed by atoms with Crippen LogP contribution in [0.1, 0.15) is 0 Å². The quantitative estimate of drug-likeness (QED) is 0.238. The summed E-state index contributed by atoms with van der Waals surface area (Å²) in [5.74, 6) is 0.176. The lowest BCUT2D eigenvalue weighted by Crippen LogP contribution is -2.14. The molecule has 5 aromatic rings. The molecule has 8 heteroatoms. The Balaban J connectivity index is 0.000000166. The summed E-state index contributed by atoms with van der Waals surface area (Å²) in [6, 6.07) is 40.7. The van der Waals surface area contributed by atoms with Gasteiger partial charge in [0, 0.05) is 27.3 Å². The van der Waals surface area contributed by atoms with Gasteiger partial charge in [-0.3, -0.25) is 9.13 Å². The average Bonchev–Trinajstić information content (AvgIpc) is 2.95. The molecule has 4 N–H and O–H groups in total. The predicted octanol–water partition coefficient (Wildman–Crippen LogP) is 4.91. The Hall–Kier alpha value is -3.92. The fourth-order valence-corrected chi connectivity index (χ4v) is 6.21. The Morgan fingerprint density at radius 2 is 0.605 bits per heavy atom. The van der Waals surface area contributed by atoms with Crippen molar-refractivity contribution in [1.29, 1.82) is 0 Å². The molecular weight excluding hydrogens is 518 g/mol. The third-order valence-corrected chi connectivity index (χ3v) is 9.25. The van der Waals surface area contributed by atoms with Gasteiger partial charge in [-0.05, 0) is 60.7 Å². The highest BCUT2D eigenvalue weighted by Crippen LogP contribution is 2.38. The van der Waals surface area contributed by atoms with Crippen LogP contribution in [0.4, 0.5) is 0 Å². The average molecular weight is 546 g/mol. The van der Waals surface area contributed by atoms with Crippen LogP contribution in [0.2, 0.25) is 0 Å². The Morgan fingerprint density at radius 1 is 0.368 bits per heavy atom. The van der Waals surface area contributed by atoms with Gasteiger partial charge in [0.15, 0.2) is 0 Å². The molecule has 0 aliphatic rings. The lowest BCUT2D eigenvalue weighted by Gasteiger charge is -2.11. The van der Waals surface area contributed by atoms with E-state index < -0.39 is 14.7 Å². The lowest BCUT2D eigenvalue weighted by atomic mass is 10.3. The molecule has 0 fully saturated rings. The van der Waals surface area contributed by atoms with Gasteiger partial charge >= 0.3 is 0 Å². The van der Waals surface area contributed by atoms with Crippen LogP contribution in [0.3, 0.4) is 0 Å². The highest BCUT2D eigenvalue weighted by molar-refractivity contribution is 7.73. The number of phenolic OH excluding ortho intramolecular Hbond substituents is 2. The molecule has 5 rings (SSSR count). The van der Waals surface area contributed by atoms with E-state index in [1.54, 1.807) is 103 Å². The van der Waals surface area contributed by atoms with Crippen LogP contribution in [0.25, 0.3) is 0 Å². The normalized spacial score (nSPS) is 10.8. The van der Waals surface area contributed by atoms with Crippen molar-refractivity contribution in [3.8, 4) is 11.5 Å². The second-order valence-corrected chi connectivity index (χ2v) is 12.4. The Bertz CT molecular complexity index is 1300. The molecule has 194 valence electrons. The van der Waals surface area contributed by atoms with Crippen LogP contribution in [-0.2, 0) is 9.13 Å². The number of hydrogen-bond donors (Lipinski definition) is 4. The SMILES string of the molecule is O=P(O)(c1ccccc1)c1ccccc1.O=P(O)(c1ccccc1)c1ccccc1.Oc1cccc(O)c1. The summed E-state index contributed by atoms with van der Waals surface area (Å²) >= 11 is 0. The first-order chi connectivity index (χ1) is 18.2. The van der Waals surface area contributed by atoms with Crippen LogP contribution < -0.4 is 21.2 Å². The van der Waals surface area contributed by atoms with Crippen molar-refractivity contribution in [2.45, 2.75) is 0 Å². The maximum Gasteiger partial charge on any atom is 0.258 e. The molecular formula is C30H28O6P2. The van der Waals surface area contributed by atoms with E-state index in [1.165, 1.54) is 18.2 Å². The minimum absolute atomic E-state index is 0.0880. The minimum Gasteiger partial charge on any atom is -0.508 e. The van der Waals surface area contributed by atoms with E-state index in [4.69, 9.17) is 10.2 Å². The van der Waals surface area contributed by atoms with Crippen LogP contribution in [0.15, 0.2) is 146 Å². The van der Waals surface area contributed by atoms with Gasteiger partial charge in [0.1, 0.15) is 11.5 Å². The minimum atomic E-state index is -3.40. The van der Waals surface area contributed by atoms with E-state index in [1.807, 2.05) is 24.3 Å². The first-order valence-corrected chi connectivity index (χ1v) is 14.9. The van der Waals surface area contributed by atoms with Gasteiger partial charge in [0.25, 0.3) is 14.7 Å². The molecule has 0 saturated heterocycles. The molecule has 0 radical (unpaired) electrons. The molecule has 0 aliphatic heterocycles. The van der Waals surface area contributed by atoms with Crippen molar-refractivity contribution in [3.05, 3.63) is 146 Å². The van der Waals surface area contributed by atoms with Crippen molar-refractivity contribution in [1.82, 2.24) is 0 Å². The first kappa shape index (κ1) is 28.6. The Labute approximate surface area is 222 Å². The maximum absolute atomic E-state index is 12.2. The third-order valence-electron chi connectivity index (χ3n) is 5.25. The largest absolute Gasteiger partial charge is 0.508 e. The van der Waals surface area contributed by atoms with Crippen molar-refractivity contribution in [3.63, 3.8) is 0 Å². The molecule has 6 nitrogen and oxygen atoms in total. The van der Waals surface area contributed by atoms with E-state index >= 15 is 0 Å². The number of rotatable bonds is 4. The zero-order chi connectivity index (χ0) is 27.4. The first-order valence-electron chi connectivity index (χ1n) is 11.6. The summed E-state index contributed by atoms with van der Waals surface area (Å²) in [4.78, 5) is 20.0. The molecule has 0 bridgehead atoms. The van der Waals surface area contributed by atoms with Crippen LogP contribution in [0.5, 0.6) is 11.5 Å². The number of aromatic hydroxyl groups is 2. The second kappa shape index (κ2) is 13.6. The van der Waals surface area contributed by atoms with Gasteiger partial charge in [0.2, 0.25) is 0 Å². The van der Waals surface area contributed by atoms with Crippen molar-refractivity contribution in [2.24, 2.45) is 0 Å². The van der Waals surface area contributed by atoms with E-state index in [-0.39, 0.29) is 11.5 Å². The lowest BCUT2D eigenvalue weighted by molar-refractivity contribution is 0.450. The molecule has 0 amide bonds. The molecule has 38 heavy (non-hydrogen) atoms. The predicted molar refractivity (Wildman–Crippen MR) is 154 cm³/mol.